The van der Waals surface area contributed by atoms with E-state index in [4.69, 9.17) is 6.42 Å². The minimum absolute atomic E-state index is 0.0332. The summed E-state index contributed by atoms with van der Waals surface area (Å²) in [6, 6.07) is 5.72. The number of hydrogen-bond donors (Lipinski definition) is 2. The summed E-state index contributed by atoms with van der Waals surface area (Å²) in [5.41, 5.74) is 0.0907. The van der Waals surface area contributed by atoms with Gasteiger partial charge in [0.15, 0.2) is 0 Å². The highest BCUT2D eigenvalue weighted by atomic mass is 32.2. The lowest BCUT2D eigenvalue weighted by Gasteiger charge is -2.12. The number of nitrogens with one attached hydrogen (secondary N) is 2. The van der Waals surface area contributed by atoms with Crippen LogP contribution in [0.5, 0.6) is 0 Å². The van der Waals surface area contributed by atoms with Crippen LogP contribution < -0.4 is 10.0 Å². The number of benzene rings is 2. The van der Waals surface area contributed by atoms with E-state index in [0.29, 0.717) is 29.5 Å². The second-order valence-electron chi connectivity index (χ2n) is 7.23. The molecule has 0 aliphatic heterocycles. The quantitative estimate of drug-likeness (QED) is 0.331. The van der Waals surface area contributed by atoms with E-state index in [1.165, 1.54) is 24.3 Å². The average molecular weight is 482 g/mol. The number of amides is 1. The van der Waals surface area contributed by atoms with Gasteiger partial charge in [0.05, 0.1) is 23.1 Å². The number of aryl methyl sites for hydroxylation is 1. The highest BCUT2D eigenvalue weighted by Crippen LogP contribution is 2.31. The maximum absolute atomic E-state index is 14.3. The molecule has 0 fully saturated rings. The van der Waals surface area contributed by atoms with Gasteiger partial charge in [-0.1, -0.05) is 25.3 Å². The molecule has 2 rings (SSSR count). The van der Waals surface area contributed by atoms with Gasteiger partial charge in [-0.05, 0) is 53.5 Å². The summed E-state index contributed by atoms with van der Waals surface area (Å²) in [6.45, 7) is 1.73. The van der Waals surface area contributed by atoms with Crippen molar-refractivity contribution in [2.45, 2.75) is 32.5 Å². The van der Waals surface area contributed by atoms with Gasteiger partial charge in [0.25, 0.3) is 0 Å². The van der Waals surface area contributed by atoms with Crippen molar-refractivity contribution in [3.05, 3.63) is 70.0 Å². The molecule has 176 valence electrons. The largest absolute Gasteiger partial charge is 0.416 e. The molecule has 0 spiro atoms. The van der Waals surface area contributed by atoms with Crippen molar-refractivity contribution in [3.8, 4) is 12.3 Å². The Kier molecular flexibility index (Phi) is 8.28. The third-order valence-corrected chi connectivity index (χ3v) is 5.04. The maximum atomic E-state index is 14.3. The van der Waals surface area contributed by atoms with Crippen LogP contribution in [0.2, 0.25) is 0 Å². The minimum Gasteiger partial charge on any atom is -0.348 e. The van der Waals surface area contributed by atoms with E-state index < -0.39 is 33.5 Å². The van der Waals surface area contributed by atoms with Gasteiger partial charge in [0.1, 0.15) is 5.82 Å². The van der Waals surface area contributed by atoms with Crippen molar-refractivity contribution in [2.75, 3.05) is 11.0 Å². The molecule has 1 amide bonds. The van der Waals surface area contributed by atoms with Gasteiger partial charge in [0, 0.05) is 12.6 Å². The number of sulfonamides is 1. The van der Waals surface area contributed by atoms with Crippen LogP contribution >= 0.6 is 0 Å². The van der Waals surface area contributed by atoms with Crippen LogP contribution in [0.15, 0.2) is 36.4 Å². The number of terminal acetylenes is 1. The van der Waals surface area contributed by atoms with Crippen LogP contribution in [0, 0.1) is 18.2 Å². The monoisotopic (exact) mass is 482 g/mol. The lowest BCUT2D eigenvalue weighted by atomic mass is 9.99. The fourth-order valence-electron chi connectivity index (χ4n) is 3.01. The second-order valence-corrected chi connectivity index (χ2v) is 8.98. The molecule has 33 heavy (non-hydrogen) atoms. The number of hydrogen-bond acceptors (Lipinski definition) is 3. The summed E-state index contributed by atoms with van der Waals surface area (Å²) in [5, 5.41) is 2.52. The fraction of sp³-hybridized carbons (Fsp3) is 0.261. The van der Waals surface area contributed by atoms with Gasteiger partial charge in [-0.25, -0.2) is 12.8 Å². The van der Waals surface area contributed by atoms with E-state index in [2.05, 4.69) is 11.2 Å². The zero-order valence-electron chi connectivity index (χ0n) is 17.9. The number of alkyl halides is 3. The maximum Gasteiger partial charge on any atom is 0.416 e. The third kappa shape index (κ3) is 7.64. The van der Waals surface area contributed by atoms with E-state index in [1.54, 1.807) is 0 Å². The smallest absolute Gasteiger partial charge is 0.348 e. The predicted molar refractivity (Wildman–Crippen MR) is 119 cm³/mol. The third-order valence-electron chi connectivity index (χ3n) is 4.46. The van der Waals surface area contributed by atoms with Gasteiger partial charge in [-0.2, -0.15) is 13.2 Å². The molecule has 0 saturated heterocycles. The Hall–Kier alpha value is -3.32. The Bertz CT molecular complexity index is 1210. The van der Waals surface area contributed by atoms with Crippen LogP contribution in [0.25, 0.3) is 6.08 Å². The van der Waals surface area contributed by atoms with Crippen molar-refractivity contribution in [1.82, 2.24) is 5.32 Å². The number of rotatable bonds is 8. The van der Waals surface area contributed by atoms with Crippen molar-refractivity contribution < 1.29 is 30.8 Å². The Labute approximate surface area is 189 Å². The summed E-state index contributed by atoms with van der Waals surface area (Å²) in [7, 11) is -3.75. The second kappa shape index (κ2) is 10.5. The highest BCUT2D eigenvalue weighted by molar-refractivity contribution is 7.92. The molecule has 2 N–H and O–H groups in total. The first kappa shape index (κ1) is 25.9. The molecule has 0 aliphatic carbocycles. The number of carbonyl (C=O) groups is 1. The normalized spacial score (nSPS) is 11.9. The first-order valence-electron chi connectivity index (χ1n) is 9.77. The molecular formula is C23H22F4N2O3S. The first-order chi connectivity index (χ1) is 15.3. The molecule has 10 heteroatoms. The molecule has 0 saturated carbocycles. The molecule has 2 aromatic carbocycles. The molecular weight excluding hydrogens is 460 g/mol. The van der Waals surface area contributed by atoms with Crippen molar-refractivity contribution in [2.24, 2.45) is 0 Å². The topological polar surface area (TPSA) is 75.3 Å². The molecule has 0 aromatic heterocycles. The van der Waals surface area contributed by atoms with Crippen molar-refractivity contribution >= 4 is 27.7 Å². The van der Waals surface area contributed by atoms with Crippen molar-refractivity contribution in [3.63, 3.8) is 0 Å². The van der Waals surface area contributed by atoms with Crippen LogP contribution in [-0.4, -0.2) is 20.6 Å². The molecule has 0 bridgehead atoms. The molecule has 0 atom stereocenters. The van der Waals surface area contributed by atoms with Gasteiger partial charge < -0.3 is 5.32 Å². The molecule has 2 aromatic rings. The SMILES string of the molecule is C#Cc1cc(CNC(=O)/C=C/c2ccc(C(F)(F)F)cc2CCC)cc(F)c1NS(C)(=O)=O. The van der Waals surface area contributed by atoms with E-state index in [0.717, 1.165) is 24.5 Å². The summed E-state index contributed by atoms with van der Waals surface area (Å²) >= 11 is 0. The number of anilines is 1. The van der Waals surface area contributed by atoms with E-state index in [-0.39, 0.29) is 17.8 Å². The van der Waals surface area contributed by atoms with Gasteiger partial charge in [-0.15, -0.1) is 6.42 Å². The summed E-state index contributed by atoms with van der Waals surface area (Å²) in [5.74, 6) is 0.738. The van der Waals surface area contributed by atoms with Gasteiger partial charge >= 0.3 is 6.18 Å². The molecule has 0 unspecified atom stereocenters. The summed E-state index contributed by atoms with van der Waals surface area (Å²) in [4.78, 5) is 12.2. The first-order valence-corrected chi connectivity index (χ1v) is 11.7. The molecule has 5 nitrogen and oxygen atoms in total. The van der Waals surface area contributed by atoms with Crippen LogP contribution in [0.4, 0.5) is 23.2 Å². The van der Waals surface area contributed by atoms with Crippen LogP contribution in [0.3, 0.4) is 0 Å². The van der Waals surface area contributed by atoms with Crippen LogP contribution in [0.1, 0.15) is 41.2 Å². The molecule has 0 heterocycles. The molecule has 0 aliphatic rings. The lowest BCUT2D eigenvalue weighted by Crippen LogP contribution is -2.21. The minimum atomic E-state index is -4.46. The Morgan fingerprint density at radius 1 is 1.21 bits per heavy atom. The standard InChI is InChI=1S/C23H22F4N2O3S/c1-4-6-18-13-19(23(25,26)27)9-7-17(18)8-10-21(30)28-14-15-11-16(5-2)22(20(24)12-15)29-33(3,31)32/h2,7-13,29H,4,6,14H2,1,3H3,(H,28,30)/b10-8+. The highest BCUT2D eigenvalue weighted by Gasteiger charge is 2.30. The molecule has 0 radical (unpaired) electrons. The summed E-state index contributed by atoms with van der Waals surface area (Å²) < 4.78 is 77.9. The Morgan fingerprint density at radius 2 is 1.91 bits per heavy atom. The average Bonchev–Trinajstić information content (AvgIpc) is 2.71. The van der Waals surface area contributed by atoms with Gasteiger partial charge in [-0.3, -0.25) is 9.52 Å². The van der Waals surface area contributed by atoms with E-state index >= 15 is 0 Å². The Balaban J connectivity index is 2.15. The number of halogens is 4. The fourth-order valence-corrected chi connectivity index (χ4v) is 3.59. The zero-order valence-corrected chi connectivity index (χ0v) is 18.7. The Morgan fingerprint density at radius 3 is 2.48 bits per heavy atom. The summed E-state index contributed by atoms with van der Waals surface area (Å²) in [6.07, 6.45) is 5.34. The van der Waals surface area contributed by atoms with Crippen LogP contribution in [-0.2, 0) is 34.0 Å². The van der Waals surface area contributed by atoms with E-state index in [1.807, 2.05) is 11.6 Å². The predicted octanol–water partition coefficient (Wildman–Crippen LogP) is 4.48. The van der Waals surface area contributed by atoms with E-state index in [9.17, 15) is 30.8 Å². The zero-order chi connectivity index (χ0) is 24.8. The number of carbonyl (C=O) groups excluding carboxylic acids is 1. The van der Waals surface area contributed by atoms with Crippen molar-refractivity contribution in [1.29, 1.82) is 0 Å². The van der Waals surface area contributed by atoms with Gasteiger partial charge in [0.2, 0.25) is 15.9 Å². The lowest BCUT2D eigenvalue weighted by molar-refractivity contribution is -0.137.